The average molecular weight is 325 g/mol. The first-order valence-electron chi connectivity index (χ1n) is 6.06. The molecule has 0 spiro atoms. The summed E-state index contributed by atoms with van der Waals surface area (Å²) in [5.74, 6) is -0.460. The van der Waals surface area contributed by atoms with E-state index in [2.05, 4.69) is 21.0 Å². The van der Waals surface area contributed by atoms with Crippen molar-refractivity contribution >= 4 is 21.7 Å². The van der Waals surface area contributed by atoms with E-state index in [4.69, 9.17) is 0 Å². The van der Waals surface area contributed by atoms with E-state index >= 15 is 0 Å². The Hall–Kier alpha value is -1.49. The standard InChI is InChI=1S/C14H14BrFN2O/c1-3-6-18-13(11(15)8-17-18)14(19)10-4-5-12(16)9(2)7-10/h4-5,7-8H,3,6H2,1-2H3. The van der Waals surface area contributed by atoms with E-state index in [1.165, 1.54) is 12.1 Å². The molecule has 0 bridgehead atoms. The monoisotopic (exact) mass is 324 g/mol. The molecule has 1 aromatic heterocycles. The topological polar surface area (TPSA) is 34.9 Å². The highest BCUT2D eigenvalue weighted by molar-refractivity contribution is 9.10. The molecule has 2 aromatic rings. The number of carbonyl (C=O) groups is 1. The molecule has 0 fully saturated rings. The SMILES string of the molecule is CCCn1ncc(Br)c1C(=O)c1ccc(F)c(C)c1. The van der Waals surface area contributed by atoms with Crippen LogP contribution in [0.25, 0.3) is 0 Å². The Labute approximate surface area is 119 Å². The van der Waals surface area contributed by atoms with Crippen molar-refractivity contribution in [2.75, 3.05) is 0 Å². The molecule has 5 heteroatoms. The van der Waals surface area contributed by atoms with Gasteiger partial charge in [0.25, 0.3) is 0 Å². The average Bonchev–Trinajstić information content (AvgIpc) is 2.74. The summed E-state index contributed by atoms with van der Waals surface area (Å²) >= 11 is 3.34. The van der Waals surface area contributed by atoms with E-state index in [9.17, 15) is 9.18 Å². The number of benzene rings is 1. The molecule has 0 atom stereocenters. The fraction of sp³-hybridized carbons (Fsp3) is 0.286. The molecule has 1 heterocycles. The zero-order valence-electron chi connectivity index (χ0n) is 10.8. The van der Waals surface area contributed by atoms with Gasteiger partial charge in [0.2, 0.25) is 5.78 Å². The van der Waals surface area contributed by atoms with E-state index < -0.39 is 0 Å². The first-order chi connectivity index (χ1) is 9.04. The third-order valence-electron chi connectivity index (χ3n) is 2.87. The van der Waals surface area contributed by atoms with Crippen LogP contribution in [0.5, 0.6) is 0 Å². The molecule has 0 N–H and O–H groups in total. The van der Waals surface area contributed by atoms with E-state index in [1.807, 2.05) is 6.92 Å². The van der Waals surface area contributed by atoms with Gasteiger partial charge in [0, 0.05) is 12.1 Å². The van der Waals surface area contributed by atoms with Crippen molar-refractivity contribution in [3.8, 4) is 0 Å². The lowest BCUT2D eigenvalue weighted by Crippen LogP contribution is -2.12. The van der Waals surface area contributed by atoms with Crippen molar-refractivity contribution in [3.05, 3.63) is 51.5 Å². The van der Waals surface area contributed by atoms with Gasteiger partial charge in [0.1, 0.15) is 11.5 Å². The molecule has 0 unspecified atom stereocenters. The molecule has 0 aliphatic rings. The normalized spacial score (nSPS) is 10.7. The Kier molecular flexibility index (Phi) is 4.14. The fourth-order valence-corrected chi connectivity index (χ4v) is 2.37. The van der Waals surface area contributed by atoms with Gasteiger partial charge in [-0.1, -0.05) is 6.92 Å². The number of hydrogen-bond donors (Lipinski definition) is 0. The molecular weight excluding hydrogens is 311 g/mol. The molecule has 2 rings (SSSR count). The molecule has 0 saturated carbocycles. The van der Waals surface area contributed by atoms with Crippen LogP contribution in [0, 0.1) is 12.7 Å². The van der Waals surface area contributed by atoms with Crippen molar-refractivity contribution < 1.29 is 9.18 Å². The van der Waals surface area contributed by atoms with Crippen molar-refractivity contribution in [3.63, 3.8) is 0 Å². The number of hydrogen-bond acceptors (Lipinski definition) is 2. The molecular formula is C14H14BrFN2O. The Morgan fingerprint density at radius 1 is 1.47 bits per heavy atom. The summed E-state index contributed by atoms with van der Waals surface area (Å²) in [6, 6.07) is 4.38. The lowest BCUT2D eigenvalue weighted by molar-refractivity contribution is 0.102. The number of aromatic nitrogens is 2. The molecule has 0 saturated heterocycles. The number of carbonyl (C=O) groups excluding carboxylic acids is 1. The van der Waals surface area contributed by atoms with Gasteiger partial charge in [0.05, 0.1) is 10.7 Å². The molecule has 19 heavy (non-hydrogen) atoms. The number of aryl methyl sites for hydroxylation is 2. The number of rotatable bonds is 4. The zero-order chi connectivity index (χ0) is 14.0. The molecule has 0 aliphatic heterocycles. The molecule has 0 radical (unpaired) electrons. The van der Waals surface area contributed by atoms with Crippen molar-refractivity contribution in [1.82, 2.24) is 9.78 Å². The fourth-order valence-electron chi connectivity index (χ4n) is 1.89. The van der Waals surface area contributed by atoms with Crippen LogP contribution in [0.15, 0.2) is 28.9 Å². The first-order valence-corrected chi connectivity index (χ1v) is 6.86. The maximum absolute atomic E-state index is 13.2. The van der Waals surface area contributed by atoms with Gasteiger partial charge in [-0.3, -0.25) is 9.48 Å². The van der Waals surface area contributed by atoms with E-state index in [-0.39, 0.29) is 11.6 Å². The van der Waals surface area contributed by atoms with Crippen LogP contribution in [0.4, 0.5) is 4.39 Å². The largest absolute Gasteiger partial charge is 0.287 e. The summed E-state index contributed by atoms with van der Waals surface area (Å²) in [7, 11) is 0. The van der Waals surface area contributed by atoms with Gasteiger partial charge in [-0.25, -0.2) is 4.39 Å². The number of nitrogens with zero attached hydrogens (tertiary/aromatic N) is 2. The van der Waals surface area contributed by atoms with E-state index in [0.717, 1.165) is 6.42 Å². The van der Waals surface area contributed by atoms with Gasteiger partial charge in [-0.05, 0) is 53.0 Å². The molecule has 100 valence electrons. The van der Waals surface area contributed by atoms with Crippen LogP contribution in [0.1, 0.15) is 35.0 Å². The third kappa shape index (κ3) is 2.76. The van der Waals surface area contributed by atoms with Gasteiger partial charge in [-0.2, -0.15) is 5.10 Å². The number of ketones is 1. The minimum absolute atomic E-state index is 0.152. The van der Waals surface area contributed by atoms with Crippen LogP contribution in [-0.4, -0.2) is 15.6 Å². The summed E-state index contributed by atoms with van der Waals surface area (Å²) < 4.78 is 15.6. The smallest absolute Gasteiger partial charge is 0.212 e. The second-order valence-corrected chi connectivity index (χ2v) is 5.21. The van der Waals surface area contributed by atoms with Gasteiger partial charge < -0.3 is 0 Å². The molecule has 0 aliphatic carbocycles. The van der Waals surface area contributed by atoms with Gasteiger partial charge in [-0.15, -0.1) is 0 Å². The van der Waals surface area contributed by atoms with Crippen molar-refractivity contribution in [2.45, 2.75) is 26.8 Å². The minimum Gasteiger partial charge on any atom is -0.287 e. The Bertz CT molecular complexity index is 622. The van der Waals surface area contributed by atoms with Crippen molar-refractivity contribution in [2.24, 2.45) is 0 Å². The van der Waals surface area contributed by atoms with Crippen LogP contribution < -0.4 is 0 Å². The highest BCUT2D eigenvalue weighted by atomic mass is 79.9. The minimum atomic E-state index is -0.308. The Morgan fingerprint density at radius 3 is 2.84 bits per heavy atom. The predicted molar refractivity (Wildman–Crippen MR) is 74.8 cm³/mol. The molecule has 0 amide bonds. The third-order valence-corrected chi connectivity index (χ3v) is 3.45. The second-order valence-electron chi connectivity index (χ2n) is 4.36. The predicted octanol–water partition coefficient (Wildman–Crippen LogP) is 3.73. The summed E-state index contributed by atoms with van der Waals surface area (Å²) in [5.41, 5.74) is 1.44. The molecule has 1 aromatic carbocycles. The summed E-state index contributed by atoms with van der Waals surface area (Å²) in [5, 5.41) is 4.17. The highest BCUT2D eigenvalue weighted by Gasteiger charge is 2.19. The van der Waals surface area contributed by atoms with Gasteiger partial charge in [0.15, 0.2) is 0 Å². The highest BCUT2D eigenvalue weighted by Crippen LogP contribution is 2.21. The van der Waals surface area contributed by atoms with Crippen LogP contribution in [0.2, 0.25) is 0 Å². The van der Waals surface area contributed by atoms with Crippen molar-refractivity contribution in [1.29, 1.82) is 0 Å². The molecule has 3 nitrogen and oxygen atoms in total. The van der Waals surface area contributed by atoms with Gasteiger partial charge >= 0.3 is 0 Å². The number of halogens is 2. The summed E-state index contributed by atoms with van der Waals surface area (Å²) in [4.78, 5) is 12.5. The summed E-state index contributed by atoms with van der Waals surface area (Å²) in [6.45, 7) is 4.34. The van der Waals surface area contributed by atoms with E-state index in [1.54, 1.807) is 23.9 Å². The lowest BCUT2D eigenvalue weighted by Gasteiger charge is -2.07. The lowest BCUT2D eigenvalue weighted by atomic mass is 10.1. The Morgan fingerprint density at radius 2 is 2.21 bits per heavy atom. The first kappa shape index (κ1) is 13.9. The second kappa shape index (κ2) is 5.65. The quantitative estimate of drug-likeness (QED) is 0.803. The van der Waals surface area contributed by atoms with E-state index in [0.29, 0.717) is 27.8 Å². The zero-order valence-corrected chi connectivity index (χ0v) is 12.4. The van der Waals surface area contributed by atoms with Crippen LogP contribution in [0.3, 0.4) is 0 Å². The maximum atomic E-state index is 13.2. The van der Waals surface area contributed by atoms with Crippen LogP contribution in [-0.2, 0) is 6.54 Å². The maximum Gasteiger partial charge on any atom is 0.212 e. The summed E-state index contributed by atoms with van der Waals surface area (Å²) in [6.07, 6.45) is 2.50. The van der Waals surface area contributed by atoms with Crippen LogP contribution >= 0.6 is 15.9 Å². The Balaban J connectivity index is 2.43.